The summed E-state index contributed by atoms with van der Waals surface area (Å²) in [4.78, 5) is 22.6. The van der Waals surface area contributed by atoms with Crippen molar-refractivity contribution < 1.29 is 9.53 Å². The molecule has 6 nitrogen and oxygen atoms in total. The third-order valence-electron chi connectivity index (χ3n) is 4.01. The molecule has 1 amide bonds. The first-order valence-corrected chi connectivity index (χ1v) is 8.19. The molecule has 0 unspecified atom stereocenters. The minimum Gasteiger partial charge on any atom is -0.495 e. The molecule has 1 aliphatic rings. The lowest BCUT2D eigenvalue weighted by molar-refractivity contribution is 0.0786. The van der Waals surface area contributed by atoms with Crippen LogP contribution in [0.5, 0.6) is 5.75 Å². The summed E-state index contributed by atoms with van der Waals surface area (Å²) in [6.07, 6.45) is 5.15. The summed E-state index contributed by atoms with van der Waals surface area (Å²) in [6, 6.07) is 3.63. The zero-order valence-corrected chi connectivity index (χ0v) is 14.4. The van der Waals surface area contributed by atoms with Gasteiger partial charge in [0.05, 0.1) is 25.2 Å². The summed E-state index contributed by atoms with van der Waals surface area (Å²) in [5.74, 6) is 1.09. The molecule has 2 heterocycles. The van der Waals surface area contributed by atoms with Crippen molar-refractivity contribution in [2.24, 2.45) is 0 Å². The summed E-state index contributed by atoms with van der Waals surface area (Å²) in [6.45, 7) is 3.50. The number of hydrogen-bond acceptors (Lipinski definition) is 5. The summed E-state index contributed by atoms with van der Waals surface area (Å²) >= 11 is 6.11. The first-order chi connectivity index (χ1) is 11.6. The van der Waals surface area contributed by atoms with Crippen LogP contribution in [0, 0.1) is 6.92 Å². The number of carbonyl (C=O) groups excluding carboxylic acids is 1. The molecule has 0 saturated carbocycles. The molecule has 1 N–H and O–H groups in total. The molecule has 0 atom stereocenters. The first kappa shape index (κ1) is 16.5. The molecule has 1 aromatic heterocycles. The number of aryl methyl sites for hydroxylation is 1. The molecule has 126 valence electrons. The fourth-order valence-electron chi connectivity index (χ4n) is 2.65. The number of nitrogens with one attached hydrogen (secondary N) is 1. The Labute approximate surface area is 145 Å². The monoisotopic (exact) mass is 346 g/mol. The van der Waals surface area contributed by atoms with E-state index in [-0.39, 0.29) is 5.91 Å². The van der Waals surface area contributed by atoms with Gasteiger partial charge in [-0.05, 0) is 31.4 Å². The maximum atomic E-state index is 12.3. The van der Waals surface area contributed by atoms with E-state index in [1.165, 1.54) is 6.20 Å². The smallest absolute Gasteiger partial charge is 0.274 e. The van der Waals surface area contributed by atoms with Gasteiger partial charge in [-0.2, -0.15) is 0 Å². The van der Waals surface area contributed by atoms with Gasteiger partial charge in [-0.15, -0.1) is 0 Å². The average molecular weight is 347 g/mol. The highest BCUT2D eigenvalue weighted by atomic mass is 35.5. The molecular formula is C17H19ClN4O2. The summed E-state index contributed by atoms with van der Waals surface area (Å²) < 4.78 is 5.33. The highest BCUT2D eigenvalue weighted by molar-refractivity contribution is 6.31. The average Bonchev–Trinajstić information content (AvgIpc) is 3.12. The van der Waals surface area contributed by atoms with Crippen molar-refractivity contribution in [3.63, 3.8) is 0 Å². The largest absolute Gasteiger partial charge is 0.495 e. The van der Waals surface area contributed by atoms with Crippen LogP contribution in [0.1, 0.15) is 28.9 Å². The van der Waals surface area contributed by atoms with Gasteiger partial charge in [0.2, 0.25) is 0 Å². The van der Waals surface area contributed by atoms with E-state index in [1.54, 1.807) is 19.4 Å². The number of carbonyl (C=O) groups is 1. The molecule has 0 bridgehead atoms. The number of anilines is 2. The SMILES string of the molecule is COc1cc(Cl)c(C)cc1Nc1cnc(C(=O)N2CCCC2)cn1. The predicted octanol–water partition coefficient (Wildman–Crippen LogP) is 3.43. The number of ether oxygens (including phenoxy) is 1. The van der Waals surface area contributed by atoms with E-state index in [4.69, 9.17) is 16.3 Å². The van der Waals surface area contributed by atoms with Crippen LogP contribution in [0.4, 0.5) is 11.5 Å². The van der Waals surface area contributed by atoms with Gasteiger partial charge >= 0.3 is 0 Å². The Hall–Kier alpha value is -2.34. The molecule has 1 aliphatic heterocycles. The molecule has 1 saturated heterocycles. The van der Waals surface area contributed by atoms with E-state index >= 15 is 0 Å². The number of halogens is 1. The lowest BCUT2D eigenvalue weighted by Gasteiger charge is -2.15. The van der Waals surface area contributed by atoms with Gasteiger partial charge in [0.25, 0.3) is 5.91 Å². The maximum absolute atomic E-state index is 12.3. The Morgan fingerprint density at radius 1 is 1.25 bits per heavy atom. The highest BCUT2D eigenvalue weighted by Crippen LogP contribution is 2.32. The Morgan fingerprint density at radius 2 is 2.00 bits per heavy atom. The van der Waals surface area contributed by atoms with Gasteiger partial charge < -0.3 is 15.0 Å². The zero-order valence-electron chi connectivity index (χ0n) is 13.7. The van der Waals surface area contributed by atoms with Gasteiger partial charge in [-0.3, -0.25) is 4.79 Å². The molecular weight excluding hydrogens is 328 g/mol. The van der Waals surface area contributed by atoms with E-state index in [0.717, 1.165) is 37.2 Å². The molecule has 7 heteroatoms. The fourth-order valence-corrected chi connectivity index (χ4v) is 2.81. The number of aromatic nitrogens is 2. The van der Waals surface area contributed by atoms with E-state index in [2.05, 4.69) is 15.3 Å². The van der Waals surface area contributed by atoms with E-state index in [1.807, 2.05) is 17.9 Å². The van der Waals surface area contributed by atoms with Crippen LogP contribution in [0.15, 0.2) is 24.5 Å². The Kier molecular flexibility index (Phi) is 4.85. The summed E-state index contributed by atoms with van der Waals surface area (Å²) in [7, 11) is 1.58. The number of benzene rings is 1. The Bertz CT molecular complexity index is 743. The van der Waals surface area contributed by atoms with Crippen LogP contribution >= 0.6 is 11.6 Å². The number of methoxy groups -OCH3 is 1. The number of likely N-dealkylation sites (tertiary alicyclic amines) is 1. The second-order valence-corrected chi connectivity index (χ2v) is 6.12. The molecule has 0 spiro atoms. The van der Waals surface area contributed by atoms with Crippen molar-refractivity contribution in [1.82, 2.24) is 14.9 Å². The van der Waals surface area contributed by atoms with Crippen molar-refractivity contribution in [3.8, 4) is 5.75 Å². The third-order valence-corrected chi connectivity index (χ3v) is 4.41. The van der Waals surface area contributed by atoms with Crippen molar-refractivity contribution >= 4 is 29.0 Å². The summed E-state index contributed by atoms with van der Waals surface area (Å²) in [5, 5.41) is 3.78. The second-order valence-electron chi connectivity index (χ2n) is 5.71. The lowest BCUT2D eigenvalue weighted by atomic mass is 10.2. The van der Waals surface area contributed by atoms with Crippen LogP contribution in [0.25, 0.3) is 0 Å². The third kappa shape index (κ3) is 3.43. The molecule has 2 aromatic rings. The minimum atomic E-state index is -0.0635. The van der Waals surface area contributed by atoms with Crippen LogP contribution in [-0.2, 0) is 0 Å². The Morgan fingerprint density at radius 3 is 2.62 bits per heavy atom. The van der Waals surface area contributed by atoms with Gasteiger partial charge in [-0.1, -0.05) is 11.6 Å². The van der Waals surface area contributed by atoms with Gasteiger partial charge in [0.15, 0.2) is 0 Å². The number of rotatable bonds is 4. The van der Waals surface area contributed by atoms with E-state index in [0.29, 0.717) is 22.3 Å². The van der Waals surface area contributed by atoms with E-state index in [9.17, 15) is 4.79 Å². The molecule has 1 aromatic carbocycles. The first-order valence-electron chi connectivity index (χ1n) is 7.81. The van der Waals surface area contributed by atoms with Crippen molar-refractivity contribution in [2.75, 3.05) is 25.5 Å². The highest BCUT2D eigenvalue weighted by Gasteiger charge is 2.20. The van der Waals surface area contributed by atoms with Crippen LogP contribution in [-0.4, -0.2) is 41.0 Å². The molecule has 1 fully saturated rings. The fraction of sp³-hybridized carbons (Fsp3) is 0.353. The normalized spacial score (nSPS) is 13.9. The van der Waals surface area contributed by atoms with Crippen molar-refractivity contribution in [1.29, 1.82) is 0 Å². The predicted molar refractivity (Wildman–Crippen MR) is 93.2 cm³/mol. The number of amides is 1. The van der Waals surface area contributed by atoms with E-state index < -0.39 is 0 Å². The molecule has 24 heavy (non-hydrogen) atoms. The molecule has 0 radical (unpaired) electrons. The second kappa shape index (κ2) is 7.05. The minimum absolute atomic E-state index is 0.0635. The van der Waals surface area contributed by atoms with Crippen molar-refractivity contribution in [2.45, 2.75) is 19.8 Å². The van der Waals surface area contributed by atoms with Gasteiger partial charge in [0, 0.05) is 24.2 Å². The Balaban J connectivity index is 1.77. The standard InChI is InChI=1S/C17H19ClN4O2/c1-11-7-13(15(24-2)8-12(11)18)21-16-10-19-14(9-20-16)17(23)22-5-3-4-6-22/h7-10H,3-6H2,1-2H3,(H,20,21). The molecule has 3 rings (SSSR count). The molecule has 0 aliphatic carbocycles. The van der Waals surface area contributed by atoms with Crippen LogP contribution in [0.3, 0.4) is 0 Å². The van der Waals surface area contributed by atoms with Crippen LogP contribution in [0.2, 0.25) is 5.02 Å². The topological polar surface area (TPSA) is 67.3 Å². The lowest BCUT2D eigenvalue weighted by Crippen LogP contribution is -2.28. The quantitative estimate of drug-likeness (QED) is 0.918. The number of nitrogens with zero attached hydrogens (tertiary/aromatic N) is 3. The number of hydrogen-bond donors (Lipinski definition) is 1. The summed E-state index contributed by atoms with van der Waals surface area (Å²) in [5.41, 5.74) is 2.03. The van der Waals surface area contributed by atoms with Gasteiger partial charge in [0.1, 0.15) is 17.3 Å². The van der Waals surface area contributed by atoms with Gasteiger partial charge in [-0.25, -0.2) is 9.97 Å². The zero-order chi connectivity index (χ0) is 17.1. The van der Waals surface area contributed by atoms with Crippen LogP contribution < -0.4 is 10.1 Å². The maximum Gasteiger partial charge on any atom is 0.274 e. The van der Waals surface area contributed by atoms with Crippen molar-refractivity contribution in [3.05, 3.63) is 40.8 Å².